The predicted molar refractivity (Wildman–Crippen MR) is 102 cm³/mol. The first-order chi connectivity index (χ1) is 11.3. The van der Waals surface area contributed by atoms with Crippen LogP contribution in [0.4, 0.5) is 0 Å². The normalized spacial score (nSPS) is 18.1. The van der Waals surface area contributed by atoms with Gasteiger partial charge >= 0.3 is 0 Å². The van der Waals surface area contributed by atoms with Crippen molar-refractivity contribution in [3.05, 3.63) is 29.8 Å². The van der Waals surface area contributed by atoms with Crippen LogP contribution in [0.3, 0.4) is 0 Å². The molecule has 0 aromatic heterocycles. The lowest BCUT2D eigenvalue weighted by Gasteiger charge is -2.32. The van der Waals surface area contributed by atoms with Gasteiger partial charge in [0.1, 0.15) is 0 Å². The van der Waals surface area contributed by atoms with Crippen molar-refractivity contribution < 1.29 is 13.2 Å². The zero-order valence-corrected chi connectivity index (χ0v) is 16.6. The second kappa shape index (κ2) is 9.52. The lowest BCUT2D eigenvalue weighted by atomic mass is 9.97. The summed E-state index contributed by atoms with van der Waals surface area (Å²) in [5.74, 6) is 0.347. The number of carbonyl (C=O) groups excluding carboxylic acids is 1. The maximum atomic E-state index is 12.7. The molecular weight excluding hydrogens is 362 g/mol. The van der Waals surface area contributed by atoms with Crippen LogP contribution in [0.15, 0.2) is 29.2 Å². The Hall–Kier alpha value is -1.15. The van der Waals surface area contributed by atoms with Crippen molar-refractivity contribution in [1.82, 2.24) is 14.9 Å². The number of sulfonamides is 1. The number of nitrogens with zero attached hydrogens (tertiary/aromatic N) is 1. The molecule has 1 aliphatic rings. The average molecular weight is 390 g/mol. The van der Waals surface area contributed by atoms with Gasteiger partial charge in [0, 0.05) is 24.7 Å². The summed E-state index contributed by atoms with van der Waals surface area (Å²) in [5, 5.41) is 3.16. The van der Waals surface area contributed by atoms with Crippen molar-refractivity contribution in [2.45, 2.75) is 37.6 Å². The number of nitrogens with one attached hydrogen (secondary N) is 2. The van der Waals surface area contributed by atoms with Gasteiger partial charge in [-0.25, -0.2) is 13.1 Å². The Balaban J connectivity index is 0.00000312. The van der Waals surface area contributed by atoms with Crippen LogP contribution in [0.1, 0.15) is 37.0 Å². The molecule has 2 rings (SSSR count). The summed E-state index contributed by atoms with van der Waals surface area (Å²) in [7, 11) is -1.68. The number of carbonyl (C=O) groups is 1. The van der Waals surface area contributed by atoms with Crippen LogP contribution in [0.5, 0.6) is 0 Å². The highest BCUT2D eigenvalue weighted by atomic mass is 35.5. The van der Waals surface area contributed by atoms with Gasteiger partial charge in [-0.05, 0) is 64.4 Å². The van der Waals surface area contributed by atoms with Crippen molar-refractivity contribution in [3.8, 4) is 0 Å². The zero-order valence-electron chi connectivity index (χ0n) is 15.0. The molecule has 0 aliphatic carbocycles. The van der Waals surface area contributed by atoms with Crippen LogP contribution in [0.2, 0.25) is 0 Å². The molecule has 1 unspecified atom stereocenters. The molecule has 2 N–H and O–H groups in total. The summed E-state index contributed by atoms with van der Waals surface area (Å²) in [6, 6.07) is 6.09. The summed E-state index contributed by atoms with van der Waals surface area (Å²) in [4.78, 5) is 14.7. The van der Waals surface area contributed by atoms with Gasteiger partial charge in [0.05, 0.1) is 4.90 Å². The predicted octanol–water partition coefficient (Wildman–Crippen LogP) is 1.87. The van der Waals surface area contributed by atoms with Crippen LogP contribution < -0.4 is 10.0 Å². The molecule has 25 heavy (non-hydrogen) atoms. The molecule has 1 saturated heterocycles. The Kier molecular flexibility index (Phi) is 8.34. The number of amides is 1. The van der Waals surface area contributed by atoms with Crippen molar-refractivity contribution in [1.29, 1.82) is 0 Å². The SMILES string of the molecule is CNCC1CCCN(C(=O)c2cccc(S(=O)(=O)NC(C)C)c2)C1.Cl. The third-order valence-corrected chi connectivity index (χ3v) is 5.74. The minimum Gasteiger partial charge on any atom is -0.338 e. The monoisotopic (exact) mass is 389 g/mol. The van der Waals surface area contributed by atoms with E-state index in [0.29, 0.717) is 18.0 Å². The quantitative estimate of drug-likeness (QED) is 0.778. The van der Waals surface area contributed by atoms with Crippen LogP contribution in [0.25, 0.3) is 0 Å². The second-order valence-corrected chi connectivity index (χ2v) is 8.33. The van der Waals surface area contributed by atoms with Crippen LogP contribution >= 0.6 is 12.4 Å². The third-order valence-electron chi connectivity index (χ3n) is 4.08. The Morgan fingerprint density at radius 2 is 2.08 bits per heavy atom. The van der Waals surface area contributed by atoms with Crippen LogP contribution in [-0.2, 0) is 10.0 Å². The Morgan fingerprint density at radius 3 is 2.72 bits per heavy atom. The summed E-state index contributed by atoms with van der Waals surface area (Å²) < 4.78 is 27.1. The van der Waals surface area contributed by atoms with E-state index in [1.54, 1.807) is 26.0 Å². The fourth-order valence-corrected chi connectivity index (χ4v) is 4.36. The molecule has 1 fully saturated rings. The molecule has 8 heteroatoms. The van der Waals surface area contributed by atoms with Gasteiger partial charge in [0.2, 0.25) is 10.0 Å². The first-order valence-corrected chi connectivity index (χ1v) is 9.88. The first-order valence-electron chi connectivity index (χ1n) is 8.39. The van der Waals surface area contributed by atoms with Crippen molar-refractivity contribution >= 4 is 28.3 Å². The van der Waals surface area contributed by atoms with E-state index >= 15 is 0 Å². The molecule has 0 radical (unpaired) electrons. The number of hydrogen-bond donors (Lipinski definition) is 2. The van der Waals surface area contributed by atoms with Gasteiger partial charge in [0.15, 0.2) is 0 Å². The maximum absolute atomic E-state index is 12.7. The molecular formula is C17H28ClN3O3S. The lowest BCUT2D eigenvalue weighted by Crippen LogP contribution is -2.42. The summed E-state index contributed by atoms with van der Waals surface area (Å²) in [6.07, 6.45) is 2.09. The minimum atomic E-state index is -3.60. The van der Waals surface area contributed by atoms with Crippen molar-refractivity contribution in [2.24, 2.45) is 5.92 Å². The highest BCUT2D eigenvalue weighted by molar-refractivity contribution is 7.89. The van der Waals surface area contributed by atoms with E-state index in [1.807, 2.05) is 11.9 Å². The maximum Gasteiger partial charge on any atom is 0.253 e. The van der Waals surface area contributed by atoms with E-state index in [2.05, 4.69) is 10.0 Å². The highest BCUT2D eigenvalue weighted by Gasteiger charge is 2.25. The van der Waals surface area contributed by atoms with E-state index in [1.165, 1.54) is 12.1 Å². The Bertz CT molecular complexity index is 677. The van der Waals surface area contributed by atoms with E-state index in [-0.39, 0.29) is 29.3 Å². The molecule has 1 atom stereocenters. The van der Waals surface area contributed by atoms with Crippen molar-refractivity contribution in [2.75, 3.05) is 26.7 Å². The zero-order chi connectivity index (χ0) is 17.7. The van der Waals surface area contributed by atoms with Gasteiger partial charge in [-0.2, -0.15) is 0 Å². The molecule has 1 amide bonds. The topological polar surface area (TPSA) is 78.5 Å². The summed E-state index contributed by atoms with van der Waals surface area (Å²) in [5.41, 5.74) is 0.423. The van der Waals surface area contributed by atoms with E-state index in [0.717, 1.165) is 25.9 Å². The standard InChI is InChI=1S/C17H27N3O3S.ClH/c1-13(2)19-24(22,23)16-8-4-7-15(10-16)17(21)20-9-5-6-14(12-20)11-18-3;/h4,7-8,10,13-14,18-19H,5-6,9,11-12H2,1-3H3;1H. The summed E-state index contributed by atoms with van der Waals surface area (Å²) in [6.45, 7) is 5.85. The lowest BCUT2D eigenvalue weighted by molar-refractivity contribution is 0.0674. The van der Waals surface area contributed by atoms with Crippen LogP contribution in [-0.4, -0.2) is 51.9 Å². The fraction of sp³-hybridized carbons (Fsp3) is 0.588. The van der Waals surface area contributed by atoms with Gasteiger partial charge in [0.25, 0.3) is 5.91 Å². The van der Waals surface area contributed by atoms with Gasteiger partial charge in [-0.1, -0.05) is 6.07 Å². The Labute approximate surface area is 156 Å². The summed E-state index contributed by atoms with van der Waals surface area (Å²) >= 11 is 0. The van der Waals surface area contributed by atoms with Gasteiger partial charge in [-0.15, -0.1) is 12.4 Å². The van der Waals surface area contributed by atoms with E-state index < -0.39 is 10.0 Å². The largest absolute Gasteiger partial charge is 0.338 e. The second-order valence-electron chi connectivity index (χ2n) is 6.62. The van der Waals surface area contributed by atoms with E-state index in [9.17, 15) is 13.2 Å². The number of likely N-dealkylation sites (tertiary alicyclic amines) is 1. The first kappa shape index (κ1) is 21.9. The minimum absolute atomic E-state index is 0. The Morgan fingerprint density at radius 1 is 1.36 bits per heavy atom. The average Bonchev–Trinajstić information content (AvgIpc) is 2.54. The smallest absolute Gasteiger partial charge is 0.253 e. The van der Waals surface area contributed by atoms with Crippen LogP contribution in [0, 0.1) is 5.92 Å². The molecule has 1 aliphatic heterocycles. The molecule has 0 spiro atoms. The fourth-order valence-electron chi connectivity index (χ4n) is 3.06. The number of hydrogen-bond acceptors (Lipinski definition) is 4. The van der Waals surface area contributed by atoms with E-state index in [4.69, 9.17) is 0 Å². The molecule has 1 aromatic rings. The molecule has 0 bridgehead atoms. The third kappa shape index (κ3) is 5.95. The highest BCUT2D eigenvalue weighted by Crippen LogP contribution is 2.19. The van der Waals surface area contributed by atoms with Gasteiger partial charge in [-0.3, -0.25) is 4.79 Å². The van der Waals surface area contributed by atoms with Crippen molar-refractivity contribution in [3.63, 3.8) is 0 Å². The molecule has 0 saturated carbocycles. The number of benzene rings is 1. The number of rotatable bonds is 6. The molecule has 1 heterocycles. The molecule has 6 nitrogen and oxygen atoms in total. The number of halogens is 1. The van der Waals surface area contributed by atoms with Gasteiger partial charge < -0.3 is 10.2 Å². The number of piperidine rings is 1. The molecule has 142 valence electrons. The molecule has 1 aromatic carbocycles.